The Kier molecular flexibility index (Phi) is 6.95. The minimum atomic E-state index is -2.66. The lowest BCUT2D eigenvalue weighted by Crippen LogP contribution is -2.31. The van der Waals surface area contributed by atoms with Crippen molar-refractivity contribution < 1.29 is 18.7 Å². The van der Waals surface area contributed by atoms with E-state index < -0.39 is 30.5 Å². The molecule has 0 fully saturated rings. The number of halogens is 3. The Hall–Kier alpha value is -3.75. The van der Waals surface area contributed by atoms with Crippen molar-refractivity contribution in [2.24, 2.45) is 0 Å². The van der Waals surface area contributed by atoms with Crippen molar-refractivity contribution in [3.63, 3.8) is 0 Å². The van der Waals surface area contributed by atoms with E-state index in [1.54, 1.807) is 42.5 Å². The second-order valence-corrected chi connectivity index (χ2v) is 9.53. The number of aliphatic hydroxyl groups is 1. The van der Waals surface area contributed by atoms with Gasteiger partial charge in [0.25, 0.3) is 12.3 Å². The highest BCUT2D eigenvalue weighted by Gasteiger charge is 2.36. The van der Waals surface area contributed by atoms with Gasteiger partial charge < -0.3 is 15.7 Å². The molecule has 4 aromatic rings. The molecule has 1 amide bonds. The number of carbonyl (C=O) groups excluding carboxylic acids is 1. The molecular formula is C28H25ClF2N4O2. The molecule has 37 heavy (non-hydrogen) atoms. The lowest BCUT2D eigenvalue weighted by Gasteiger charge is -2.32. The van der Waals surface area contributed by atoms with Crippen LogP contribution in [0.1, 0.15) is 57.2 Å². The van der Waals surface area contributed by atoms with E-state index in [9.17, 15) is 18.7 Å². The zero-order chi connectivity index (χ0) is 26.1. The Morgan fingerprint density at radius 2 is 1.86 bits per heavy atom. The molecule has 0 radical (unpaired) electrons. The van der Waals surface area contributed by atoms with Crippen molar-refractivity contribution in [2.45, 2.75) is 38.0 Å². The Morgan fingerprint density at radius 1 is 1.14 bits per heavy atom. The van der Waals surface area contributed by atoms with Crippen molar-refractivity contribution in [2.75, 3.05) is 10.6 Å². The molecule has 1 aliphatic rings. The first kappa shape index (κ1) is 24.9. The molecule has 0 unspecified atom stereocenters. The fourth-order valence-corrected chi connectivity index (χ4v) is 4.78. The van der Waals surface area contributed by atoms with Crippen molar-refractivity contribution >= 4 is 29.0 Å². The van der Waals surface area contributed by atoms with E-state index in [4.69, 9.17) is 11.6 Å². The Bertz CT molecular complexity index is 1410. The first-order valence-corrected chi connectivity index (χ1v) is 12.2. The fourth-order valence-electron chi connectivity index (χ4n) is 4.59. The zero-order valence-electron chi connectivity index (χ0n) is 19.9. The molecule has 9 heteroatoms. The molecule has 1 aliphatic heterocycles. The lowest BCUT2D eigenvalue weighted by atomic mass is 9.96. The quantitative estimate of drug-likeness (QED) is 0.268. The Labute approximate surface area is 217 Å². The van der Waals surface area contributed by atoms with Crippen molar-refractivity contribution in [3.8, 4) is 0 Å². The highest BCUT2D eigenvalue weighted by molar-refractivity contribution is 6.30. The number of nitrogens with zero attached hydrogens (tertiary/aromatic N) is 2. The van der Waals surface area contributed by atoms with Crippen LogP contribution < -0.4 is 10.6 Å². The van der Waals surface area contributed by atoms with E-state index in [-0.39, 0.29) is 17.8 Å². The monoisotopic (exact) mass is 522 g/mol. The molecule has 2 heterocycles. The first-order chi connectivity index (χ1) is 17.8. The van der Waals surface area contributed by atoms with Gasteiger partial charge in [0.1, 0.15) is 23.5 Å². The Balaban J connectivity index is 1.46. The van der Waals surface area contributed by atoms with Crippen LogP contribution >= 0.6 is 11.6 Å². The Morgan fingerprint density at radius 3 is 2.57 bits per heavy atom. The number of fused-ring (bicyclic) bond motifs is 1. The summed E-state index contributed by atoms with van der Waals surface area (Å²) < 4.78 is 29.2. The van der Waals surface area contributed by atoms with E-state index in [1.807, 2.05) is 37.3 Å². The SMILES string of the molecule is Cc1ccc([C@@H]2C[C@@H](C(F)F)n3ncc(C(=O)Nc4ccc(Cl)cc4[C@@H](O)c4ccccc4)c3N2)cc1. The summed E-state index contributed by atoms with van der Waals surface area (Å²) in [6.07, 6.45) is -2.29. The highest BCUT2D eigenvalue weighted by Crippen LogP contribution is 2.40. The molecule has 1 aromatic heterocycles. The summed E-state index contributed by atoms with van der Waals surface area (Å²) >= 11 is 6.19. The number of carbonyl (C=O) groups is 1. The topological polar surface area (TPSA) is 79.2 Å². The maximum atomic E-state index is 14.0. The van der Waals surface area contributed by atoms with Gasteiger partial charge in [0.15, 0.2) is 0 Å². The largest absolute Gasteiger partial charge is 0.384 e. The molecule has 3 aromatic carbocycles. The van der Waals surface area contributed by atoms with Crippen molar-refractivity contribution in [1.82, 2.24) is 9.78 Å². The van der Waals surface area contributed by atoms with E-state index in [0.717, 1.165) is 11.1 Å². The summed E-state index contributed by atoms with van der Waals surface area (Å²) in [6.45, 7) is 1.96. The molecule has 0 saturated carbocycles. The number of anilines is 2. The molecule has 0 saturated heterocycles. The molecule has 5 rings (SSSR count). The van der Waals surface area contributed by atoms with Crippen LogP contribution in [0.3, 0.4) is 0 Å². The van der Waals surface area contributed by atoms with Crippen LogP contribution in [0.4, 0.5) is 20.3 Å². The van der Waals surface area contributed by atoms with Crippen LogP contribution in [-0.2, 0) is 0 Å². The van der Waals surface area contributed by atoms with Crippen molar-refractivity contribution in [1.29, 1.82) is 0 Å². The van der Waals surface area contributed by atoms with Gasteiger partial charge in [-0.25, -0.2) is 13.5 Å². The predicted octanol–water partition coefficient (Wildman–Crippen LogP) is 6.54. The summed E-state index contributed by atoms with van der Waals surface area (Å²) in [7, 11) is 0. The minimum Gasteiger partial charge on any atom is -0.384 e. The van der Waals surface area contributed by atoms with Gasteiger partial charge in [0.2, 0.25) is 0 Å². The van der Waals surface area contributed by atoms with Gasteiger partial charge in [-0.2, -0.15) is 5.10 Å². The highest BCUT2D eigenvalue weighted by atomic mass is 35.5. The van der Waals surface area contributed by atoms with Gasteiger partial charge >= 0.3 is 0 Å². The summed E-state index contributed by atoms with van der Waals surface area (Å²) in [4.78, 5) is 13.4. The molecule has 3 atom stereocenters. The molecule has 3 N–H and O–H groups in total. The number of alkyl halides is 2. The maximum Gasteiger partial charge on any atom is 0.261 e. The summed E-state index contributed by atoms with van der Waals surface area (Å²) in [5, 5.41) is 21.6. The van der Waals surface area contributed by atoms with E-state index in [1.165, 1.54) is 10.9 Å². The van der Waals surface area contributed by atoms with Crippen LogP contribution in [-0.4, -0.2) is 27.2 Å². The van der Waals surface area contributed by atoms with Gasteiger partial charge in [0.05, 0.1) is 12.2 Å². The van der Waals surface area contributed by atoms with E-state index in [2.05, 4.69) is 15.7 Å². The van der Waals surface area contributed by atoms with Gasteiger partial charge in [0, 0.05) is 16.3 Å². The number of benzene rings is 3. The van der Waals surface area contributed by atoms with Crippen LogP contribution in [0.5, 0.6) is 0 Å². The average Bonchev–Trinajstić information content (AvgIpc) is 3.34. The number of hydrogen-bond donors (Lipinski definition) is 3. The number of rotatable bonds is 6. The summed E-state index contributed by atoms with van der Waals surface area (Å²) in [5.74, 6) is -0.325. The molecule has 0 bridgehead atoms. The van der Waals surface area contributed by atoms with Gasteiger partial charge in [-0.3, -0.25) is 4.79 Å². The maximum absolute atomic E-state index is 14.0. The normalized spacial score (nSPS) is 17.7. The first-order valence-electron chi connectivity index (χ1n) is 11.8. The van der Waals surface area contributed by atoms with Gasteiger partial charge in [-0.15, -0.1) is 0 Å². The zero-order valence-corrected chi connectivity index (χ0v) is 20.7. The van der Waals surface area contributed by atoms with E-state index >= 15 is 0 Å². The predicted molar refractivity (Wildman–Crippen MR) is 139 cm³/mol. The smallest absolute Gasteiger partial charge is 0.261 e. The van der Waals surface area contributed by atoms with Crippen LogP contribution in [0, 0.1) is 6.92 Å². The molecule has 6 nitrogen and oxygen atoms in total. The lowest BCUT2D eigenvalue weighted by molar-refractivity contribution is 0.0657. The number of hydrogen-bond acceptors (Lipinski definition) is 4. The van der Waals surface area contributed by atoms with Crippen molar-refractivity contribution in [3.05, 3.63) is 112 Å². The molecule has 190 valence electrons. The summed E-state index contributed by atoms with van der Waals surface area (Å²) in [6, 6.07) is 19.8. The number of amides is 1. The second-order valence-electron chi connectivity index (χ2n) is 9.10. The van der Waals surface area contributed by atoms with Gasteiger partial charge in [-0.05, 0) is 42.7 Å². The molecule has 0 spiro atoms. The number of nitrogens with one attached hydrogen (secondary N) is 2. The molecular weight excluding hydrogens is 498 g/mol. The van der Waals surface area contributed by atoms with E-state index in [0.29, 0.717) is 21.8 Å². The third kappa shape index (κ3) is 5.08. The standard InChI is InChI=1S/C28H25ClF2N4O2/c1-16-7-9-17(10-8-16)23-14-24(26(30)31)35-27(33-23)21(15-32-35)28(37)34-22-12-11-19(29)13-20(22)25(36)18-5-3-2-4-6-18/h2-13,15,23-26,33,36H,14H2,1H3,(H,34,37)/t23-,24-,25-/m0/s1. The number of aromatic nitrogens is 2. The third-order valence-corrected chi connectivity index (χ3v) is 6.82. The summed E-state index contributed by atoms with van der Waals surface area (Å²) in [5.41, 5.74) is 3.42. The van der Waals surface area contributed by atoms with Gasteiger partial charge in [-0.1, -0.05) is 71.8 Å². The fraction of sp³-hybridized carbons (Fsp3) is 0.214. The van der Waals surface area contributed by atoms with Crippen LogP contribution in [0.2, 0.25) is 5.02 Å². The minimum absolute atomic E-state index is 0.123. The second kappa shape index (κ2) is 10.3. The third-order valence-electron chi connectivity index (χ3n) is 6.58. The molecule has 0 aliphatic carbocycles. The average molecular weight is 523 g/mol. The van der Waals surface area contributed by atoms with Crippen LogP contribution in [0.25, 0.3) is 0 Å². The number of aliphatic hydroxyl groups excluding tert-OH is 1. The number of aryl methyl sites for hydroxylation is 1. The van der Waals surface area contributed by atoms with Crippen LogP contribution in [0.15, 0.2) is 79.0 Å².